The van der Waals surface area contributed by atoms with Crippen LogP contribution in [0.5, 0.6) is 0 Å². The molecule has 0 unspecified atom stereocenters. The van der Waals surface area contributed by atoms with Crippen LogP contribution in [0.2, 0.25) is 0 Å². The summed E-state index contributed by atoms with van der Waals surface area (Å²) in [5.41, 5.74) is 4.06. The monoisotopic (exact) mass is 380 g/mol. The summed E-state index contributed by atoms with van der Waals surface area (Å²) in [4.78, 5) is 31.0. The lowest BCUT2D eigenvalue weighted by Crippen LogP contribution is -2.37. The number of benzene rings is 1. The summed E-state index contributed by atoms with van der Waals surface area (Å²) in [6.45, 7) is 6.81. The van der Waals surface area contributed by atoms with E-state index in [2.05, 4.69) is 20.5 Å². The zero-order valence-electron chi connectivity index (χ0n) is 16.8. The van der Waals surface area contributed by atoms with Crippen molar-refractivity contribution in [3.8, 4) is 0 Å². The van der Waals surface area contributed by atoms with Crippen molar-refractivity contribution >= 4 is 23.3 Å². The van der Waals surface area contributed by atoms with Crippen molar-refractivity contribution in [1.82, 2.24) is 9.88 Å². The van der Waals surface area contributed by atoms with Gasteiger partial charge < -0.3 is 10.6 Å². The number of amides is 2. The van der Waals surface area contributed by atoms with Gasteiger partial charge in [-0.25, -0.2) is 4.98 Å². The molecule has 1 heterocycles. The molecule has 6 heteroatoms. The lowest BCUT2D eigenvalue weighted by molar-refractivity contribution is -0.119. The number of carbonyl (C=O) groups excluding carboxylic acids is 2. The molecule has 3 rings (SSSR count). The summed E-state index contributed by atoms with van der Waals surface area (Å²) >= 11 is 0. The van der Waals surface area contributed by atoms with Gasteiger partial charge in [-0.3, -0.25) is 14.5 Å². The molecular formula is C22H28N4O2. The molecule has 148 valence electrons. The van der Waals surface area contributed by atoms with Gasteiger partial charge in [-0.2, -0.15) is 0 Å². The molecule has 28 heavy (non-hydrogen) atoms. The maximum Gasteiger partial charge on any atom is 0.238 e. The number of nitrogens with one attached hydrogen (secondary N) is 2. The van der Waals surface area contributed by atoms with Crippen LogP contribution in [-0.4, -0.2) is 40.8 Å². The third-order valence-corrected chi connectivity index (χ3v) is 4.89. The average molecular weight is 380 g/mol. The van der Waals surface area contributed by atoms with E-state index in [1.807, 2.05) is 51.1 Å². The largest absolute Gasteiger partial charge is 0.325 e. The first-order chi connectivity index (χ1) is 13.4. The number of hydrogen-bond acceptors (Lipinski definition) is 4. The van der Waals surface area contributed by atoms with Gasteiger partial charge in [0.2, 0.25) is 11.8 Å². The highest BCUT2D eigenvalue weighted by Gasteiger charge is 2.30. The Balaban J connectivity index is 1.51. The Labute approximate surface area is 166 Å². The highest BCUT2D eigenvalue weighted by Crippen LogP contribution is 2.27. The van der Waals surface area contributed by atoms with Crippen LogP contribution < -0.4 is 10.6 Å². The van der Waals surface area contributed by atoms with Crippen LogP contribution in [0.25, 0.3) is 0 Å². The van der Waals surface area contributed by atoms with Crippen molar-refractivity contribution in [3.63, 3.8) is 0 Å². The molecule has 2 N–H and O–H groups in total. The van der Waals surface area contributed by atoms with E-state index in [9.17, 15) is 9.59 Å². The fraction of sp³-hybridized carbons (Fsp3) is 0.409. The van der Waals surface area contributed by atoms with Crippen LogP contribution in [0.1, 0.15) is 36.0 Å². The van der Waals surface area contributed by atoms with Crippen molar-refractivity contribution < 1.29 is 9.59 Å². The smallest absolute Gasteiger partial charge is 0.238 e. The summed E-state index contributed by atoms with van der Waals surface area (Å²) in [6, 6.07) is 10.1. The zero-order chi connectivity index (χ0) is 20.1. The molecule has 0 radical (unpaired) electrons. The van der Waals surface area contributed by atoms with Gasteiger partial charge >= 0.3 is 0 Å². The van der Waals surface area contributed by atoms with E-state index in [0.29, 0.717) is 31.4 Å². The highest BCUT2D eigenvalue weighted by atomic mass is 16.2. The molecule has 0 bridgehead atoms. The first-order valence-electron chi connectivity index (χ1n) is 9.74. The van der Waals surface area contributed by atoms with Gasteiger partial charge in [0.25, 0.3) is 0 Å². The predicted molar refractivity (Wildman–Crippen MR) is 111 cm³/mol. The first kappa shape index (κ1) is 20.0. The Morgan fingerprint density at radius 2 is 1.79 bits per heavy atom. The number of aromatic nitrogens is 1. The van der Waals surface area contributed by atoms with Crippen LogP contribution in [0.4, 0.5) is 11.5 Å². The number of anilines is 2. The molecule has 1 aliphatic rings. The number of aryl methyl sites for hydroxylation is 3. The zero-order valence-corrected chi connectivity index (χ0v) is 16.8. The first-order valence-corrected chi connectivity index (χ1v) is 9.74. The second-order valence-corrected chi connectivity index (χ2v) is 7.58. The van der Waals surface area contributed by atoms with Crippen molar-refractivity contribution in [2.45, 2.75) is 46.1 Å². The molecule has 1 aliphatic carbocycles. The minimum absolute atomic E-state index is 0.0404. The van der Waals surface area contributed by atoms with Crippen LogP contribution in [-0.2, 0) is 9.59 Å². The molecule has 1 aromatic heterocycles. The quantitative estimate of drug-likeness (QED) is 0.736. The Morgan fingerprint density at radius 3 is 2.50 bits per heavy atom. The van der Waals surface area contributed by atoms with E-state index in [1.54, 1.807) is 6.20 Å². The number of pyridine rings is 1. The minimum Gasteiger partial charge on any atom is -0.325 e. The number of nitrogens with zero attached hydrogens (tertiary/aromatic N) is 2. The molecule has 0 spiro atoms. The summed E-state index contributed by atoms with van der Waals surface area (Å²) in [5.74, 6) is 0.440. The molecule has 6 nitrogen and oxygen atoms in total. The Morgan fingerprint density at radius 1 is 1.04 bits per heavy atom. The molecule has 1 fully saturated rings. The lowest BCUT2D eigenvalue weighted by atomic mass is 10.1. The van der Waals surface area contributed by atoms with Crippen molar-refractivity contribution in [2.75, 3.05) is 23.7 Å². The van der Waals surface area contributed by atoms with Gasteiger partial charge in [-0.05, 0) is 68.5 Å². The SMILES string of the molecule is Cc1ccnc(NC(=O)CCN(CC(=O)Nc2cc(C)ccc2C)C2CC2)c1. The Bertz CT molecular complexity index is 861. The Hall–Kier alpha value is -2.73. The van der Waals surface area contributed by atoms with Crippen molar-refractivity contribution in [2.24, 2.45) is 0 Å². The fourth-order valence-electron chi connectivity index (χ4n) is 3.13. The Kier molecular flexibility index (Phi) is 6.41. The lowest BCUT2D eigenvalue weighted by Gasteiger charge is -2.21. The normalized spacial score (nSPS) is 13.4. The van der Waals surface area contributed by atoms with E-state index in [0.717, 1.165) is 35.2 Å². The molecular weight excluding hydrogens is 352 g/mol. The number of hydrogen-bond donors (Lipinski definition) is 2. The van der Waals surface area contributed by atoms with E-state index >= 15 is 0 Å². The van der Waals surface area contributed by atoms with E-state index in [1.165, 1.54) is 0 Å². The van der Waals surface area contributed by atoms with E-state index in [-0.39, 0.29) is 11.8 Å². The van der Waals surface area contributed by atoms with Gasteiger partial charge in [0, 0.05) is 30.9 Å². The number of rotatable bonds is 8. The molecule has 0 aliphatic heterocycles. The molecule has 0 atom stereocenters. The minimum atomic E-state index is -0.0845. The van der Waals surface area contributed by atoms with Gasteiger partial charge in [0.05, 0.1) is 6.54 Å². The second-order valence-electron chi connectivity index (χ2n) is 7.58. The van der Waals surface area contributed by atoms with Crippen molar-refractivity contribution in [1.29, 1.82) is 0 Å². The summed E-state index contributed by atoms with van der Waals surface area (Å²) in [5, 5.41) is 5.83. The maximum absolute atomic E-state index is 12.5. The van der Waals surface area contributed by atoms with Crippen LogP contribution >= 0.6 is 0 Å². The van der Waals surface area contributed by atoms with Crippen molar-refractivity contribution in [3.05, 3.63) is 53.2 Å². The molecule has 1 aromatic carbocycles. The van der Waals surface area contributed by atoms with Gasteiger partial charge in [0.1, 0.15) is 5.82 Å². The maximum atomic E-state index is 12.5. The van der Waals surface area contributed by atoms with Crippen LogP contribution in [0, 0.1) is 20.8 Å². The topological polar surface area (TPSA) is 74.3 Å². The summed E-state index contributed by atoms with van der Waals surface area (Å²) < 4.78 is 0. The second kappa shape index (κ2) is 8.97. The molecule has 0 saturated heterocycles. The standard InChI is InChI=1S/C22H28N4O2/c1-15-4-5-17(3)19(12-15)24-22(28)14-26(18-6-7-18)11-9-21(27)25-20-13-16(2)8-10-23-20/h4-5,8,10,12-13,18H,6-7,9,11,14H2,1-3H3,(H,24,28)(H,23,25,27). The van der Waals surface area contributed by atoms with E-state index < -0.39 is 0 Å². The van der Waals surface area contributed by atoms with Gasteiger partial charge in [-0.1, -0.05) is 12.1 Å². The summed E-state index contributed by atoms with van der Waals surface area (Å²) in [7, 11) is 0. The molecule has 1 saturated carbocycles. The fourth-order valence-corrected chi connectivity index (χ4v) is 3.13. The molecule has 2 aromatic rings. The van der Waals surface area contributed by atoms with Gasteiger partial charge in [-0.15, -0.1) is 0 Å². The van der Waals surface area contributed by atoms with E-state index in [4.69, 9.17) is 0 Å². The molecule has 2 amide bonds. The average Bonchev–Trinajstić information content (AvgIpc) is 3.47. The van der Waals surface area contributed by atoms with Crippen LogP contribution in [0.15, 0.2) is 36.5 Å². The predicted octanol–water partition coefficient (Wildman–Crippen LogP) is 3.44. The third-order valence-electron chi connectivity index (χ3n) is 4.89. The highest BCUT2D eigenvalue weighted by molar-refractivity contribution is 5.93. The third kappa shape index (κ3) is 5.89. The summed E-state index contributed by atoms with van der Waals surface area (Å²) in [6.07, 6.45) is 4.18. The van der Waals surface area contributed by atoms with Crippen LogP contribution in [0.3, 0.4) is 0 Å². The number of carbonyl (C=O) groups is 2. The van der Waals surface area contributed by atoms with Gasteiger partial charge in [0.15, 0.2) is 0 Å².